The number of carbonyl (C=O) groups excluding carboxylic acids is 2. The van der Waals surface area contributed by atoms with Gasteiger partial charge in [-0.05, 0) is 26.2 Å². The van der Waals surface area contributed by atoms with Crippen molar-refractivity contribution >= 4 is 11.7 Å². The standard InChI is InChI=1S/C13H21NO3/c1-9-12(7-8-17-9)13(16)14(2)10-3-5-11(15)6-4-10/h9-10,12H,3-8H2,1-2H3. The third kappa shape index (κ3) is 2.68. The van der Waals surface area contributed by atoms with Gasteiger partial charge < -0.3 is 9.64 Å². The first-order chi connectivity index (χ1) is 8.09. The molecule has 0 spiro atoms. The van der Waals surface area contributed by atoms with Gasteiger partial charge in [-0.2, -0.15) is 0 Å². The largest absolute Gasteiger partial charge is 0.378 e. The Bertz CT molecular complexity index is 306. The normalized spacial score (nSPS) is 30.6. The summed E-state index contributed by atoms with van der Waals surface area (Å²) in [5.74, 6) is 0.534. The molecule has 0 aromatic heterocycles. The zero-order valence-electron chi connectivity index (χ0n) is 10.6. The van der Waals surface area contributed by atoms with Gasteiger partial charge in [0.15, 0.2) is 0 Å². The third-order valence-electron chi connectivity index (χ3n) is 4.10. The number of carbonyl (C=O) groups is 2. The fraction of sp³-hybridized carbons (Fsp3) is 0.846. The summed E-state index contributed by atoms with van der Waals surface area (Å²) in [6, 6.07) is 0.244. The highest BCUT2D eigenvalue weighted by molar-refractivity contribution is 5.81. The van der Waals surface area contributed by atoms with Crippen LogP contribution in [0.4, 0.5) is 0 Å². The van der Waals surface area contributed by atoms with E-state index in [0.29, 0.717) is 25.2 Å². The maximum atomic E-state index is 12.3. The monoisotopic (exact) mass is 239 g/mol. The summed E-state index contributed by atoms with van der Waals surface area (Å²) in [5, 5.41) is 0. The van der Waals surface area contributed by atoms with Gasteiger partial charge in [0.2, 0.25) is 5.91 Å². The predicted molar refractivity (Wildman–Crippen MR) is 63.6 cm³/mol. The van der Waals surface area contributed by atoms with E-state index in [1.165, 1.54) is 0 Å². The van der Waals surface area contributed by atoms with Gasteiger partial charge >= 0.3 is 0 Å². The van der Waals surface area contributed by atoms with Crippen molar-refractivity contribution in [3.8, 4) is 0 Å². The van der Waals surface area contributed by atoms with Crippen molar-refractivity contribution < 1.29 is 14.3 Å². The van der Waals surface area contributed by atoms with E-state index in [4.69, 9.17) is 4.74 Å². The summed E-state index contributed by atoms with van der Waals surface area (Å²) in [7, 11) is 1.87. The van der Waals surface area contributed by atoms with Crippen LogP contribution in [-0.4, -0.2) is 42.4 Å². The molecule has 1 aliphatic heterocycles. The molecular formula is C13H21NO3. The highest BCUT2D eigenvalue weighted by Gasteiger charge is 2.35. The molecule has 2 unspecified atom stereocenters. The zero-order valence-corrected chi connectivity index (χ0v) is 10.6. The minimum Gasteiger partial charge on any atom is -0.378 e. The maximum absolute atomic E-state index is 12.3. The van der Waals surface area contributed by atoms with Crippen molar-refractivity contribution in [1.29, 1.82) is 0 Å². The summed E-state index contributed by atoms with van der Waals surface area (Å²) in [4.78, 5) is 25.3. The Kier molecular flexibility index (Phi) is 3.82. The molecule has 0 bridgehead atoms. The van der Waals surface area contributed by atoms with Crippen molar-refractivity contribution in [2.24, 2.45) is 5.92 Å². The molecule has 1 heterocycles. The van der Waals surface area contributed by atoms with Crippen molar-refractivity contribution in [1.82, 2.24) is 4.90 Å². The molecule has 1 saturated carbocycles. The Balaban J connectivity index is 1.92. The molecule has 0 aromatic carbocycles. The summed E-state index contributed by atoms with van der Waals surface area (Å²) in [6.07, 6.45) is 3.76. The zero-order chi connectivity index (χ0) is 12.4. The smallest absolute Gasteiger partial charge is 0.228 e. The molecule has 1 amide bonds. The Morgan fingerprint density at radius 3 is 2.47 bits per heavy atom. The first-order valence-electron chi connectivity index (χ1n) is 6.49. The number of ketones is 1. The van der Waals surface area contributed by atoms with Crippen LogP contribution in [0.5, 0.6) is 0 Å². The lowest BCUT2D eigenvalue weighted by Crippen LogP contribution is -2.44. The van der Waals surface area contributed by atoms with E-state index in [-0.39, 0.29) is 24.0 Å². The van der Waals surface area contributed by atoms with Gasteiger partial charge in [-0.3, -0.25) is 9.59 Å². The number of ether oxygens (including phenoxy) is 1. The van der Waals surface area contributed by atoms with Gasteiger partial charge in [0.1, 0.15) is 5.78 Å². The van der Waals surface area contributed by atoms with Gasteiger partial charge in [0.05, 0.1) is 12.0 Å². The summed E-state index contributed by atoms with van der Waals surface area (Å²) in [6.45, 7) is 2.66. The number of nitrogens with zero attached hydrogens (tertiary/aromatic N) is 1. The Morgan fingerprint density at radius 2 is 1.94 bits per heavy atom. The van der Waals surface area contributed by atoms with Gasteiger partial charge in [-0.15, -0.1) is 0 Å². The summed E-state index contributed by atoms with van der Waals surface area (Å²) >= 11 is 0. The van der Waals surface area contributed by atoms with Gasteiger partial charge in [-0.1, -0.05) is 0 Å². The van der Waals surface area contributed by atoms with Crippen molar-refractivity contribution in [3.63, 3.8) is 0 Å². The van der Waals surface area contributed by atoms with E-state index in [0.717, 1.165) is 19.3 Å². The van der Waals surface area contributed by atoms with Crippen LogP contribution in [0.2, 0.25) is 0 Å². The molecule has 1 saturated heterocycles. The Morgan fingerprint density at radius 1 is 1.29 bits per heavy atom. The number of hydrogen-bond acceptors (Lipinski definition) is 3. The molecule has 0 aromatic rings. The van der Waals surface area contributed by atoms with E-state index < -0.39 is 0 Å². The number of rotatable bonds is 2. The molecular weight excluding hydrogens is 218 g/mol. The van der Waals surface area contributed by atoms with Crippen LogP contribution < -0.4 is 0 Å². The molecule has 2 atom stereocenters. The number of hydrogen-bond donors (Lipinski definition) is 0. The lowest BCUT2D eigenvalue weighted by atomic mass is 9.92. The molecule has 0 N–H and O–H groups in total. The highest BCUT2D eigenvalue weighted by Crippen LogP contribution is 2.26. The van der Waals surface area contributed by atoms with E-state index in [1.54, 1.807) is 0 Å². The van der Waals surface area contributed by atoms with Gasteiger partial charge in [0, 0.05) is 32.5 Å². The van der Waals surface area contributed by atoms with E-state index in [9.17, 15) is 9.59 Å². The van der Waals surface area contributed by atoms with Crippen molar-refractivity contribution in [2.75, 3.05) is 13.7 Å². The first kappa shape index (κ1) is 12.6. The Hall–Kier alpha value is -0.900. The second kappa shape index (κ2) is 5.17. The minimum absolute atomic E-state index is 0.0117. The van der Waals surface area contributed by atoms with Crippen LogP contribution in [0, 0.1) is 5.92 Å². The second-order valence-corrected chi connectivity index (χ2v) is 5.19. The van der Waals surface area contributed by atoms with Crippen LogP contribution >= 0.6 is 0 Å². The van der Waals surface area contributed by atoms with E-state index in [1.807, 2.05) is 18.9 Å². The topological polar surface area (TPSA) is 46.6 Å². The van der Waals surface area contributed by atoms with Crippen LogP contribution in [0.1, 0.15) is 39.0 Å². The van der Waals surface area contributed by atoms with Gasteiger partial charge in [-0.25, -0.2) is 0 Å². The average molecular weight is 239 g/mol. The second-order valence-electron chi connectivity index (χ2n) is 5.19. The SMILES string of the molecule is CC1OCCC1C(=O)N(C)C1CCC(=O)CC1. The minimum atomic E-state index is 0.0117. The lowest BCUT2D eigenvalue weighted by Gasteiger charge is -2.33. The van der Waals surface area contributed by atoms with E-state index >= 15 is 0 Å². The average Bonchev–Trinajstić information content (AvgIpc) is 2.74. The van der Waals surface area contributed by atoms with Gasteiger partial charge in [0.25, 0.3) is 0 Å². The predicted octanol–water partition coefficient (Wildman–Crippen LogP) is 1.38. The first-order valence-corrected chi connectivity index (χ1v) is 6.49. The van der Waals surface area contributed by atoms with Crippen LogP contribution in [0.3, 0.4) is 0 Å². The highest BCUT2D eigenvalue weighted by atomic mass is 16.5. The summed E-state index contributed by atoms with van der Waals surface area (Å²) in [5.41, 5.74) is 0. The molecule has 1 aliphatic carbocycles. The quantitative estimate of drug-likeness (QED) is 0.731. The molecule has 0 radical (unpaired) electrons. The molecule has 2 fully saturated rings. The van der Waals surface area contributed by atoms with Crippen molar-refractivity contribution in [2.45, 2.75) is 51.2 Å². The fourth-order valence-electron chi connectivity index (χ4n) is 2.81. The molecule has 4 heteroatoms. The molecule has 4 nitrogen and oxygen atoms in total. The number of amides is 1. The third-order valence-corrected chi connectivity index (χ3v) is 4.10. The molecule has 96 valence electrons. The Labute approximate surface area is 102 Å². The molecule has 2 rings (SSSR count). The molecule has 2 aliphatic rings. The van der Waals surface area contributed by atoms with Crippen LogP contribution in [0.25, 0.3) is 0 Å². The van der Waals surface area contributed by atoms with Crippen LogP contribution in [0.15, 0.2) is 0 Å². The molecule has 17 heavy (non-hydrogen) atoms. The lowest BCUT2D eigenvalue weighted by molar-refractivity contribution is -0.139. The maximum Gasteiger partial charge on any atom is 0.228 e. The van der Waals surface area contributed by atoms with Crippen molar-refractivity contribution in [3.05, 3.63) is 0 Å². The number of Topliss-reactive ketones (excluding diaryl/α,β-unsaturated/α-hetero) is 1. The van der Waals surface area contributed by atoms with Crippen LogP contribution in [-0.2, 0) is 14.3 Å². The summed E-state index contributed by atoms with van der Waals surface area (Å²) < 4.78 is 5.44. The van der Waals surface area contributed by atoms with E-state index in [2.05, 4.69) is 0 Å². The fourth-order valence-corrected chi connectivity index (χ4v) is 2.81.